The first-order chi connectivity index (χ1) is 4.41. The number of hydrogen-bond donors (Lipinski definition) is 0. The molecule has 0 aromatic heterocycles. The Morgan fingerprint density at radius 3 is 2.20 bits per heavy atom. The second kappa shape index (κ2) is 11.6. The van der Waals surface area contributed by atoms with Crippen LogP contribution in [0.25, 0.3) is 0 Å². The summed E-state index contributed by atoms with van der Waals surface area (Å²) >= 11 is 0. The highest BCUT2D eigenvalue weighted by atomic mass is 35.5. The van der Waals surface area contributed by atoms with Crippen LogP contribution in [0.4, 0.5) is 0 Å². The molecule has 10 heavy (non-hydrogen) atoms. The van der Waals surface area contributed by atoms with E-state index in [1.54, 1.807) is 0 Å². The smallest absolute Gasteiger partial charge is 0.0621 e. The van der Waals surface area contributed by atoms with E-state index >= 15 is 0 Å². The van der Waals surface area contributed by atoms with Gasteiger partial charge in [0.25, 0.3) is 0 Å². The predicted molar refractivity (Wildman–Crippen MR) is 46.2 cm³/mol. The fourth-order valence-corrected chi connectivity index (χ4v) is 0.808. The summed E-state index contributed by atoms with van der Waals surface area (Å²) in [6.45, 7) is 2.20. The van der Waals surface area contributed by atoms with E-state index in [0.717, 1.165) is 12.8 Å². The summed E-state index contributed by atoms with van der Waals surface area (Å²) in [6.07, 6.45) is 6.98. The SMILES string of the molecule is CCCCCCCC#N.Cl. The third-order valence-electron chi connectivity index (χ3n) is 1.39. The first kappa shape index (κ1) is 12.5. The van der Waals surface area contributed by atoms with Crippen LogP contribution in [0.3, 0.4) is 0 Å². The Morgan fingerprint density at radius 2 is 1.70 bits per heavy atom. The minimum Gasteiger partial charge on any atom is -0.198 e. The van der Waals surface area contributed by atoms with Gasteiger partial charge in [-0.25, -0.2) is 0 Å². The Balaban J connectivity index is 0. The normalized spacial score (nSPS) is 8.00. The molecule has 0 spiro atoms. The molecule has 0 aromatic carbocycles. The summed E-state index contributed by atoms with van der Waals surface area (Å²) in [6, 6.07) is 2.14. The Morgan fingerprint density at radius 1 is 1.10 bits per heavy atom. The molecule has 60 valence electrons. The van der Waals surface area contributed by atoms with Gasteiger partial charge in [0.2, 0.25) is 0 Å². The highest BCUT2D eigenvalue weighted by Gasteiger charge is 1.85. The van der Waals surface area contributed by atoms with Gasteiger partial charge in [0.1, 0.15) is 0 Å². The molecule has 0 saturated heterocycles. The molecule has 0 bridgehead atoms. The zero-order chi connectivity index (χ0) is 6.95. The molecule has 0 N–H and O–H groups in total. The third-order valence-corrected chi connectivity index (χ3v) is 1.39. The number of halogens is 1. The van der Waals surface area contributed by atoms with Crippen molar-refractivity contribution in [3.63, 3.8) is 0 Å². The summed E-state index contributed by atoms with van der Waals surface area (Å²) in [5.41, 5.74) is 0. The molecular weight excluding hydrogens is 146 g/mol. The van der Waals surface area contributed by atoms with E-state index < -0.39 is 0 Å². The second-order valence-electron chi connectivity index (χ2n) is 2.32. The lowest BCUT2D eigenvalue weighted by Crippen LogP contribution is -1.75. The van der Waals surface area contributed by atoms with Gasteiger partial charge in [-0.1, -0.05) is 32.6 Å². The van der Waals surface area contributed by atoms with Crippen LogP contribution in [0, 0.1) is 11.3 Å². The van der Waals surface area contributed by atoms with E-state index in [1.165, 1.54) is 25.7 Å². The van der Waals surface area contributed by atoms with Crippen molar-refractivity contribution in [2.45, 2.75) is 45.4 Å². The van der Waals surface area contributed by atoms with Gasteiger partial charge in [-0.05, 0) is 6.42 Å². The van der Waals surface area contributed by atoms with Crippen LogP contribution in [-0.2, 0) is 0 Å². The zero-order valence-electron chi connectivity index (χ0n) is 6.60. The highest BCUT2D eigenvalue weighted by molar-refractivity contribution is 5.85. The first-order valence-corrected chi connectivity index (χ1v) is 3.78. The topological polar surface area (TPSA) is 23.8 Å². The van der Waals surface area contributed by atoms with Crippen LogP contribution in [0.15, 0.2) is 0 Å². The van der Waals surface area contributed by atoms with E-state index in [1.807, 2.05) is 0 Å². The summed E-state index contributed by atoms with van der Waals surface area (Å²) in [7, 11) is 0. The molecule has 0 fully saturated rings. The van der Waals surface area contributed by atoms with E-state index in [0.29, 0.717) is 0 Å². The maximum atomic E-state index is 8.17. The highest BCUT2D eigenvalue weighted by Crippen LogP contribution is 2.03. The van der Waals surface area contributed by atoms with Gasteiger partial charge in [-0.2, -0.15) is 5.26 Å². The van der Waals surface area contributed by atoms with Crippen molar-refractivity contribution in [2.75, 3.05) is 0 Å². The molecule has 0 aromatic rings. The quantitative estimate of drug-likeness (QED) is 0.568. The van der Waals surface area contributed by atoms with Gasteiger partial charge < -0.3 is 0 Å². The van der Waals surface area contributed by atoms with Gasteiger partial charge in [-0.3, -0.25) is 0 Å². The largest absolute Gasteiger partial charge is 0.198 e. The molecule has 0 atom stereocenters. The summed E-state index contributed by atoms with van der Waals surface area (Å²) in [5.74, 6) is 0. The van der Waals surface area contributed by atoms with Crippen molar-refractivity contribution < 1.29 is 0 Å². The van der Waals surface area contributed by atoms with Crippen molar-refractivity contribution in [3.05, 3.63) is 0 Å². The lowest BCUT2D eigenvalue weighted by molar-refractivity contribution is 0.640. The van der Waals surface area contributed by atoms with Crippen LogP contribution in [-0.4, -0.2) is 0 Å². The van der Waals surface area contributed by atoms with Crippen molar-refractivity contribution >= 4 is 12.4 Å². The van der Waals surface area contributed by atoms with Gasteiger partial charge in [0.15, 0.2) is 0 Å². The molecule has 2 heteroatoms. The monoisotopic (exact) mass is 161 g/mol. The average Bonchev–Trinajstić information content (AvgIpc) is 1.89. The Hall–Kier alpha value is -0.220. The minimum absolute atomic E-state index is 0. The van der Waals surface area contributed by atoms with E-state index in [2.05, 4.69) is 13.0 Å². The third kappa shape index (κ3) is 10.7. The zero-order valence-corrected chi connectivity index (χ0v) is 7.41. The molecule has 0 aliphatic rings. The maximum Gasteiger partial charge on any atom is 0.0621 e. The molecular formula is C8H16ClN. The second-order valence-corrected chi connectivity index (χ2v) is 2.32. The molecule has 0 radical (unpaired) electrons. The van der Waals surface area contributed by atoms with Gasteiger partial charge in [0.05, 0.1) is 6.07 Å². The van der Waals surface area contributed by atoms with Crippen molar-refractivity contribution in [3.8, 4) is 6.07 Å². The van der Waals surface area contributed by atoms with Crippen molar-refractivity contribution in [1.82, 2.24) is 0 Å². The lowest BCUT2D eigenvalue weighted by atomic mass is 10.1. The van der Waals surface area contributed by atoms with E-state index in [4.69, 9.17) is 5.26 Å². The standard InChI is InChI=1S/C8H15N.ClH/c1-2-3-4-5-6-7-8-9;/h2-7H2,1H3;1H. The summed E-state index contributed by atoms with van der Waals surface area (Å²) in [5, 5.41) is 8.17. The summed E-state index contributed by atoms with van der Waals surface area (Å²) in [4.78, 5) is 0. The van der Waals surface area contributed by atoms with Gasteiger partial charge in [-0.15, -0.1) is 12.4 Å². The molecule has 1 nitrogen and oxygen atoms in total. The molecule has 0 rings (SSSR count). The molecule has 0 amide bonds. The molecule has 0 saturated carbocycles. The number of hydrogen-bond acceptors (Lipinski definition) is 1. The van der Waals surface area contributed by atoms with Crippen LogP contribution in [0.5, 0.6) is 0 Å². The Kier molecular flexibility index (Phi) is 14.4. The summed E-state index contributed by atoms with van der Waals surface area (Å²) < 4.78 is 0. The van der Waals surface area contributed by atoms with Crippen molar-refractivity contribution in [2.24, 2.45) is 0 Å². The number of nitrogens with zero attached hydrogens (tertiary/aromatic N) is 1. The number of rotatable bonds is 5. The predicted octanol–water partition coefficient (Wildman–Crippen LogP) is 3.29. The van der Waals surface area contributed by atoms with Gasteiger partial charge in [0, 0.05) is 6.42 Å². The van der Waals surface area contributed by atoms with Crippen LogP contribution in [0.2, 0.25) is 0 Å². The molecule has 0 heterocycles. The maximum absolute atomic E-state index is 8.17. The minimum atomic E-state index is 0. The average molecular weight is 162 g/mol. The van der Waals surface area contributed by atoms with Crippen LogP contribution >= 0.6 is 12.4 Å². The fourth-order valence-electron chi connectivity index (χ4n) is 0.808. The first-order valence-electron chi connectivity index (χ1n) is 3.78. The van der Waals surface area contributed by atoms with Gasteiger partial charge >= 0.3 is 0 Å². The van der Waals surface area contributed by atoms with Crippen LogP contribution < -0.4 is 0 Å². The Labute approximate surface area is 69.8 Å². The fraction of sp³-hybridized carbons (Fsp3) is 0.875. The molecule has 0 aliphatic carbocycles. The van der Waals surface area contributed by atoms with E-state index in [9.17, 15) is 0 Å². The Bertz CT molecular complexity index is 85.7. The van der Waals surface area contributed by atoms with E-state index in [-0.39, 0.29) is 12.4 Å². The lowest BCUT2D eigenvalue weighted by Gasteiger charge is -1.92. The number of nitriles is 1. The van der Waals surface area contributed by atoms with Crippen molar-refractivity contribution in [1.29, 1.82) is 5.26 Å². The molecule has 0 unspecified atom stereocenters. The van der Waals surface area contributed by atoms with Crippen LogP contribution in [0.1, 0.15) is 45.4 Å². The molecule has 0 aliphatic heterocycles. The number of unbranched alkanes of at least 4 members (excludes halogenated alkanes) is 5.